The average Bonchev–Trinajstić information content (AvgIpc) is 3.40. The van der Waals surface area contributed by atoms with E-state index in [4.69, 9.17) is 9.72 Å². The predicted molar refractivity (Wildman–Crippen MR) is 115 cm³/mol. The lowest BCUT2D eigenvalue weighted by Gasteiger charge is -2.11. The van der Waals surface area contributed by atoms with Gasteiger partial charge in [0.15, 0.2) is 5.13 Å². The van der Waals surface area contributed by atoms with E-state index in [1.165, 1.54) is 11.3 Å². The third-order valence-corrected chi connectivity index (χ3v) is 5.86. The van der Waals surface area contributed by atoms with Crippen LogP contribution in [0.4, 0.5) is 10.8 Å². The topological polar surface area (TPSA) is 64.1 Å². The lowest BCUT2D eigenvalue weighted by Crippen LogP contribution is -2.10. The molecule has 5 nitrogen and oxygen atoms in total. The van der Waals surface area contributed by atoms with E-state index in [1.807, 2.05) is 60.0 Å². The van der Waals surface area contributed by atoms with Crippen molar-refractivity contribution in [3.8, 4) is 0 Å². The third kappa shape index (κ3) is 3.59. The first-order valence-corrected chi connectivity index (χ1v) is 10.5. The van der Waals surface area contributed by atoms with E-state index in [1.54, 1.807) is 0 Å². The number of hydrogen-bond donors (Lipinski definition) is 1. The number of ether oxygens (including phenoxy) is 1. The molecular formula is C23H19N3O2S. The smallest absolute Gasteiger partial charge is 0.339 e. The highest BCUT2D eigenvalue weighted by Crippen LogP contribution is 2.31. The molecule has 0 spiro atoms. The fourth-order valence-corrected chi connectivity index (χ4v) is 4.45. The van der Waals surface area contributed by atoms with Crippen LogP contribution in [0.15, 0.2) is 60.0 Å². The number of aromatic nitrogens is 2. The van der Waals surface area contributed by atoms with Crippen molar-refractivity contribution >= 4 is 39.0 Å². The molecule has 0 saturated carbocycles. The Morgan fingerprint density at radius 3 is 2.76 bits per heavy atom. The zero-order valence-corrected chi connectivity index (χ0v) is 16.5. The van der Waals surface area contributed by atoms with Crippen molar-refractivity contribution in [1.29, 1.82) is 0 Å². The van der Waals surface area contributed by atoms with Gasteiger partial charge in [0.2, 0.25) is 0 Å². The number of nitrogens with one attached hydrogen (secondary N) is 1. The maximum Gasteiger partial charge on any atom is 0.339 e. The van der Waals surface area contributed by atoms with Crippen LogP contribution in [0, 0.1) is 0 Å². The van der Waals surface area contributed by atoms with Gasteiger partial charge in [0.05, 0.1) is 16.8 Å². The van der Waals surface area contributed by atoms with Crippen LogP contribution in [-0.2, 0) is 24.2 Å². The van der Waals surface area contributed by atoms with Gasteiger partial charge in [-0.25, -0.2) is 9.78 Å². The summed E-state index contributed by atoms with van der Waals surface area (Å²) in [6.07, 6.45) is 2.82. The Balaban J connectivity index is 1.34. The summed E-state index contributed by atoms with van der Waals surface area (Å²) >= 11 is 1.49. The molecule has 0 atom stereocenters. The van der Waals surface area contributed by atoms with Gasteiger partial charge in [-0.3, -0.25) is 4.98 Å². The first-order valence-electron chi connectivity index (χ1n) is 9.62. The number of rotatable bonds is 5. The Kier molecular flexibility index (Phi) is 4.69. The lowest BCUT2D eigenvalue weighted by molar-refractivity contribution is 0.0469. The maximum atomic E-state index is 13.0. The molecule has 1 aliphatic rings. The van der Waals surface area contributed by atoms with E-state index in [0.29, 0.717) is 5.56 Å². The lowest BCUT2D eigenvalue weighted by atomic mass is 10.0. The van der Waals surface area contributed by atoms with Crippen LogP contribution in [-0.4, -0.2) is 15.9 Å². The molecule has 0 unspecified atom stereocenters. The second kappa shape index (κ2) is 7.64. The van der Waals surface area contributed by atoms with E-state index in [-0.39, 0.29) is 12.6 Å². The number of nitrogens with zero attached hydrogens (tertiary/aromatic N) is 2. The van der Waals surface area contributed by atoms with Crippen molar-refractivity contribution < 1.29 is 9.53 Å². The molecule has 0 saturated heterocycles. The van der Waals surface area contributed by atoms with Gasteiger partial charge in [-0.1, -0.05) is 36.4 Å². The number of fused-ring (bicyclic) bond motifs is 2. The van der Waals surface area contributed by atoms with Gasteiger partial charge >= 0.3 is 5.97 Å². The minimum absolute atomic E-state index is 0.150. The first kappa shape index (κ1) is 17.8. The second-order valence-electron chi connectivity index (χ2n) is 6.99. The standard InChI is InChI=1S/C23H19N3O2S/c27-22(21-17-9-4-5-11-19(17)26-20-12-6-10-18(20)21)28-13-16-14-29-23(25-16)24-15-7-2-1-3-8-15/h1-5,7-9,11,14H,6,10,12-13H2,(H,24,25). The summed E-state index contributed by atoms with van der Waals surface area (Å²) in [6, 6.07) is 17.7. The van der Waals surface area contributed by atoms with Gasteiger partial charge in [-0.15, -0.1) is 11.3 Å². The maximum absolute atomic E-state index is 13.0. The van der Waals surface area contributed by atoms with Gasteiger partial charge in [0, 0.05) is 22.1 Å². The molecule has 1 aliphatic carbocycles. The number of hydrogen-bond acceptors (Lipinski definition) is 6. The van der Waals surface area contributed by atoms with E-state index < -0.39 is 0 Å². The molecule has 0 bridgehead atoms. The molecule has 2 aromatic heterocycles. The second-order valence-corrected chi connectivity index (χ2v) is 7.85. The molecule has 29 heavy (non-hydrogen) atoms. The molecule has 0 radical (unpaired) electrons. The molecule has 144 valence electrons. The van der Waals surface area contributed by atoms with Gasteiger partial charge < -0.3 is 10.1 Å². The van der Waals surface area contributed by atoms with Crippen LogP contribution >= 0.6 is 11.3 Å². The van der Waals surface area contributed by atoms with E-state index >= 15 is 0 Å². The number of thiazole rings is 1. The van der Waals surface area contributed by atoms with Gasteiger partial charge in [0.1, 0.15) is 6.61 Å². The van der Waals surface area contributed by atoms with E-state index in [9.17, 15) is 4.79 Å². The van der Waals surface area contributed by atoms with Crippen molar-refractivity contribution in [3.63, 3.8) is 0 Å². The van der Waals surface area contributed by atoms with Crippen LogP contribution in [0.2, 0.25) is 0 Å². The van der Waals surface area contributed by atoms with Crippen molar-refractivity contribution in [1.82, 2.24) is 9.97 Å². The fraction of sp³-hybridized carbons (Fsp3) is 0.174. The number of carbonyl (C=O) groups is 1. The van der Waals surface area contributed by atoms with Gasteiger partial charge in [0.25, 0.3) is 0 Å². The minimum Gasteiger partial charge on any atom is -0.456 e. The van der Waals surface area contributed by atoms with Gasteiger partial charge in [-0.2, -0.15) is 0 Å². The molecule has 6 heteroatoms. The molecule has 0 aliphatic heterocycles. The molecule has 2 heterocycles. The summed E-state index contributed by atoms with van der Waals surface area (Å²) in [6.45, 7) is 0.150. The zero-order chi connectivity index (χ0) is 19.6. The SMILES string of the molecule is O=C(OCc1csc(Nc2ccccc2)n1)c1c2c(nc3ccccc13)CCC2. The van der Waals surface area contributed by atoms with Crippen LogP contribution in [0.25, 0.3) is 10.9 Å². The zero-order valence-electron chi connectivity index (χ0n) is 15.7. The predicted octanol–water partition coefficient (Wildman–Crippen LogP) is 5.28. The Bertz CT molecular complexity index is 1190. The quantitative estimate of drug-likeness (QED) is 0.461. The number of benzene rings is 2. The Morgan fingerprint density at radius 2 is 1.86 bits per heavy atom. The molecule has 5 rings (SSSR count). The Morgan fingerprint density at radius 1 is 1.03 bits per heavy atom. The summed E-state index contributed by atoms with van der Waals surface area (Å²) in [5.41, 5.74) is 5.29. The van der Waals surface area contributed by atoms with Crippen LogP contribution < -0.4 is 5.32 Å². The average molecular weight is 401 g/mol. The van der Waals surface area contributed by atoms with Crippen molar-refractivity contribution in [2.45, 2.75) is 25.9 Å². The van der Waals surface area contributed by atoms with Gasteiger partial charge in [-0.05, 0) is 43.0 Å². The highest BCUT2D eigenvalue weighted by Gasteiger charge is 2.24. The number of para-hydroxylation sites is 2. The summed E-state index contributed by atoms with van der Waals surface area (Å²) in [5, 5.41) is 6.81. The van der Waals surface area contributed by atoms with Crippen molar-refractivity contribution in [3.05, 3.63) is 82.5 Å². The summed E-state index contributed by atoms with van der Waals surface area (Å²) < 4.78 is 5.66. The van der Waals surface area contributed by atoms with Crippen molar-refractivity contribution in [2.75, 3.05) is 5.32 Å². The number of pyridine rings is 1. The largest absolute Gasteiger partial charge is 0.456 e. The molecule has 4 aromatic rings. The number of anilines is 2. The molecule has 2 aromatic carbocycles. The van der Waals surface area contributed by atoms with E-state index in [2.05, 4.69) is 10.3 Å². The number of carbonyl (C=O) groups excluding carboxylic acids is 1. The monoisotopic (exact) mass is 401 g/mol. The highest BCUT2D eigenvalue weighted by molar-refractivity contribution is 7.13. The normalized spacial score (nSPS) is 12.7. The molecule has 0 fully saturated rings. The molecule has 1 N–H and O–H groups in total. The summed E-state index contributed by atoms with van der Waals surface area (Å²) in [7, 11) is 0. The van der Waals surface area contributed by atoms with E-state index in [0.717, 1.165) is 57.9 Å². The highest BCUT2D eigenvalue weighted by atomic mass is 32.1. The summed E-state index contributed by atoms with van der Waals surface area (Å²) in [5.74, 6) is -0.299. The van der Waals surface area contributed by atoms with Crippen LogP contribution in [0.3, 0.4) is 0 Å². The molecule has 0 amide bonds. The minimum atomic E-state index is -0.299. The van der Waals surface area contributed by atoms with Crippen LogP contribution in [0.1, 0.15) is 33.7 Å². The van der Waals surface area contributed by atoms with Crippen molar-refractivity contribution in [2.24, 2.45) is 0 Å². The third-order valence-electron chi connectivity index (χ3n) is 5.05. The Hall–Kier alpha value is -3.25. The number of aryl methyl sites for hydroxylation is 1. The van der Waals surface area contributed by atoms with Crippen LogP contribution in [0.5, 0.6) is 0 Å². The summed E-state index contributed by atoms with van der Waals surface area (Å²) in [4.78, 5) is 22.3. The number of esters is 1. The molecular weight excluding hydrogens is 382 g/mol. The Labute approximate surface area is 172 Å². The first-order chi connectivity index (χ1) is 14.3. The fourth-order valence-electron chi connectivity index (χ4n) is 3.73.